The minimum Gasteiger partial charge on any atom is -0.378 e. The number of nitrogens with zero attached hydrogens (tertiary/aromatic N) is 5. The van der Waals surface area contributed by atoms with Crippen LogP contribution in [-0.2, 0) is 0 Å². The molecule has 24 heavy (non-hydrogen) atoms. The zero-order valence-corrected chi connectivity index (χ0v) is 14.7. The predicted octanol–water partition coefficient (Wildman–Crippen LogP) is 1.57. The van der Waals surface area contributed by atoms with Crippen molar-refractivity contribution in [2.75, 3.05) is 56.2 Å². The van der Waals surface area contributed by atoms with E-state index in [1.165, 1.54) is 0 Å². The minimum atomic E-state index is -0.488. The Labute approximate surface area is 142 Å². The summed E-state index contributed by atoms with van der Waals surface area (Å²) in [5, 5.41) is 14.5. The number of piperidine rings is 1. The molecule has 1 aliphatic heterocycles. The third kappa shape index (κ3) is 4.67. The average Bonchev–Trinajstić information content (AvgIpc) is 2.51. The van der Waals surface area contributed by atoms with Crippen molar-refractivity contribution in [2.24, 2.45) is 5.92 Å². The normalized spacial score (nSPS) is 15.8. The molecule has 134 valence electrons. The Balaban J connectivity index is 2.17. The smallest absolute Gasteiger partial charge is 0.353 e. The maximum Gasteiger partial charge on any atom is 0.353 e. The van der Waals surface area contributed by atoms with Gasteiger partial charge in [0, 0.05) is 19.6 Å². The van der Waals surface area contributed by atoms with Crippen molar-refractivity contribution in [1.82, 2.24) is 14.9 Å². The summed E-state index contributed by atoms with van der Waals surface area (Å²) < 4.78 is 0. The number of aromatic nitrogens is 2. The van der Waals surface area contributed by atoms with Crippen molar-refractivity contribution >= 4 is 23.3 Å². The Hall–Kier alpha value is -2.16. The lowest BCUT2D eigenvalue weighted by Gasteiger charge is -2.31. The average molecular weight is 337 g/mol. The van der Waals surface area contributed by atoms with Crippen LogP contribution in [0, 0.1) is 16.0 Å². The molecule has 1 saturated heterocycles. The number of anilines is 3. The number of rotatable bonds is 7. The largest absolute Gasteiger partial charge is 0.378 e. The van der Waals surface area contributed by atoms with Gasteiger partial charge in [0.25, 0.3) is 0 Å². The predicted molar refractivity (Wildman–Crippen MR) is 95.4 cm³/mol. The van der Waals surface area contributed by atoms with Gasteiger partial charge in [-0.2, -0.15) is 9.97 Å². The number of nitrogen functional groups attached to an aromatic ring is 1. The molecule has 9 nitrogen and oxygen atoms in total. The highest BCUT2D eigenvalue weighted by Crippen LogP contribution is 2.34. The molecule has 0 unspecified atom stereocenters. The first-order chi connectivity index (χ1) is 11.4. The maximum atomic E-state index is 11.4. The Bertz CT molecular complexity index is 571. The number of nitro groups is 1. The molecule has 1 aliphatic rings. The van der Waals surface area contributed by atoms with E-state index in [1.54, 1.807) is 0 Å². The van der Waals surface area contributed by atoms with Gasteiger partial charge in [-0.1, -0.05) is 6.92 Å². The molecule has 2 rings (SSSR count). The third-order valence-corrected chi connectivity index (χ3v) is 4.22. The number of hydrogen-bond acceptors (Lipinski definition) is 8. The molecule has 0 aromatic carbocycles. The summed E-state index contributed by atoms with van der Waals surface area (Å²) in [6.45, 7) is 5.31. The molecular formula is C15H27N7O2. The van der Waals surface area contributed by atoms with E-state index in [0.29, 0.717) is 24.2 Å². The fourth-order valence-electron chi connectivity index (χ4n) is 2.75. The first kappa shape index (κ1) is 18.2. The molecule has 3 N–H and O–H groups in total. The topological polar surface area (TPSA) is 113 Å². The van der Waals surface area contributed by atoms with E-state index in [0.717, 1.165) is 38.9 Å². The van der Waals surface area contributed by atoms with Crippen molar-refractivity contribution in [3.05, 3.63) is 10.1 Å². The summed E-state index contributed by atoms with van der Waals surface area (Å²) in [5.74, 6) is 1.22. The maximum absolute atomic E-state index is 11.4. The molecule has 1 aromatic heterocycles. The molecule has 2 heterocycles. The van der Waals surface area contributed by atoms with Crippen molar-refractivity contribution < 1.29 is 4.92 Å². The van der Waals surface area contributed by atoms with Crippen LogP contribution in [0.1, 0.15) is 26.2 Å². The second-order valence-corrected chi connectivity index (χ2v) is 6.61. The van der Waals surface area contributed by atoms with E-state index < -0.39 is 4.92 Å². The van der Waals surface area contributed by atoms with E-state index in [1.807, 2.05) is 19.0 Å². The molecule has 1 fully saturated rings. The third-order valence-electron chi connectivity index (χ3n) is 4.22. The molecule has 0 radical (unpaired) electrons. The van der Waals surface area contributed by atoms with Crippen molar-refractivity contribution in [3.8, 4) is 0 Å². The van der Waals surface area contributed by atoms with Crippen LogP contribution in [0.25, 0.3) is 0 Å². The van der Waals surface area contributed by atoms with Gasteiger partial charge in [0.05, 0.1) is 4.92 Å². The molecule has 0 amide bonds. The first-order valence-corrected chi connectivity index (χ1v) is 8.34. The molecular weight excluding hydrogens is 310 g/mol. The highest BCUT2D eigenvalue weighted by Gasteiger charge is 2.29. The summed E-state index contributed by atoms with van der Waals surface area (Å²) in [7, 11) is 4.02. The lowest BCUT2D eigenvalue weighted by atomic mass is 9.99. The van der Waals surface area contributed by atoms with Gasteiger partial charge in [-0.3, -0.25) is 10.1 Å². The van der Waals surface area contributed by atoms with E-state index >= 15 is 0 Å². The summed E-state index contributed by atoms with van der Waals surface area (Å²) in [4.78, 5) is 23.4. The van der Waals surface area contributed by atoms with Gasteiger partial charge in [0.2, 0.25) is 17.6 Å². The van der Waals surface area contributed by atoms with Crippen LogP contribution in [0.15, 0.2) is 0 Å². The quantitative estimate of drug-likeness (QED) is 0.438. The SMILES string of the molecule is CC1CCN(c2nc(NCCCN(C)C)nc(N)c2[N+](=O)[O-])CC1. The Kier molecular flexibility index (Phi) is 6.13. The molecule has 0 spiro atoms. The van der Waals surface area contributed by atoms with Gasteiger partial charge in [0.1, 0.15) is 0 Å². The Morgan fingerprint density at radius 1 is 1.38 bits per heavy atom. The Morgan fingerprint density at radius 2 is 2.04 bits per heavy atom. The fourth-order valence-corrected chi connectivity index (χ4v) is 2.75. The molecule has 0 bridgehead atoms. The zero-order chi connectivity index (χ0) is 17.7. The highest BCUT2D eigenvalue weighted by atomic mass is 16.6. The standard InChI is InChI=1S/C15H27N7O2/c1-11-5-9-21(10-6-11)14-12(22(23)24)13(16)18-15(19-14)17-7-4-8-20(2)3/h11H,4-10H2,1-3H3,(H3,16,17,18,19). The van der Waals surface area contributed by atoms with Crippen LogP contribution < -0.4 is 16.0 Å². The summed E-state index contributed by atoms with van der Waals surface area (Å²) >= 11 is 0. The molecule has 0 atom stereocenters. The fraction of sp³-hybridized carbons (Fsp3) is 0.733. The van der Waals surface area contributed by atoms with E-state index in [9.17, 15) is 10.1 Å². The second-order valence-electron chi connectivity index (χ2n) is 6.61. The first-order valence-electron chi connectivity index (χ1n) is 8.34. The summed E-state index contributed by atoms with van der Waals surface area (Å²) in [6.07, 6.45) is 2.91. The van der Waals surface area contributed by atoms with E-state index in [4.69, 9.17) is 5.73 Å². The lowest BCUT2D eigenvalue weighted by molar-refractivity contribution is -0.383. The summed E-state index contributed by atoms with van der Waals surface area (Å²) in [6, 6.07) is 0. The molecule has 0 saturated carbocycles. The highest BCUT2D eigenvalue weighted by molar-refractivity contribution is 5.71. The zero-order valence-electron chi connectivity index (χ0n) is 14.7. The van der Waals surface area contributed by atoms with Crippen LogP contribution in [0.4, 0.5) is 23.3 Å². The number of nitrogens with two attached hydrogens (primary N) is 1. The number of hydrogen-bond donors (Lipinski definition) is 2. The van der Waals surface area contributed by atoms with Gasteiger partial charge in [-0.25, -0.2) is 0 Å². The van der Waals surface area contributed by atoms with Gasteiger partial charge in [-0.05, 0) is 45.8 Å². The second kappa shape index (κ2) is 8.09. The van der Waals surface area contributed by atoms with Gasteiger partial charge in [-0.15, -0.1) is 0 Å². The van der Waals surface area contributed by atoms with Crippen molar-refractivity contribution in [2.45, 2.75) is 26.2 Å². The van der Waals surface area contributed by atoms with Crippen LogP contribution in [0.5, 0.6) is 0 Å². The van der Waals surface area contributed by atoms with Crippen LogP contribution >= 0.6 is 0 Å². The summed E-state index contributed by atoms with van der Waals surface area (Å²) in [5.41, 5.74) is 5.65. The monoisotopic (exact) mass is 337 g/mol. The van der Waals surface area contributed by atoms with Crippen LogP contribution in [0.2, 0.25) is 0 Å². The van der Waals surface area contributed by atoms with Gasteiger partial charge >= 0.3 is 5.69 Å². The van der Waals surface area contributed by atoms with Crippen LogP contribution in [0.3, 0.4) is 0 Å². The van der Waals surface area contributed by atoms with Gasteiger partial charge < -0.3 is 20.9 Å². The van der Waals surface area contributed by atoms with Gasteiger partial charge in [0.15, 0.2) is 0 Å². The minimum absolute atomic E-state index is 0.0845. The van der Waals surface area contributed by atoms with Crippen LogP contribution in [-0.4, -0.2) is 60.1 Å². The molecule has 1 aromatic rings. The Morgan fingerprint density at radius 3 is 2.62 bits per heavy atom. The molecule has 0 aliphatic carbocycles. The van der Waals surface area contributed by atoms with Crippen molar-refractivity contribution in [3.63, 3.8) is 0 Å². The lowest BCUT2D eigenvalue weighted by Crippen LogP contribution is -2.34. The van der Waals surface area contributed by atoms with Crippen molar-refractivity contribution in [1.29, 1.82) is 0 Å². The van der Waals surface area contributed by atoms with E-state index in [2.05, 4.69) is 27.1 Å². The molecule has 9 heteroatoms. The number of nitrogens with one attached hydrogen (secondary N) is 1. The van der Waals surface area contributed by atoms with E-state index in [-0.39, 0.29) is 11.5 Å².